The molecule has 0 atom stereocenters. The van der Waals surface area contributed by atoms with Crippen LogP contribution in [0.2, 0.25) is 0 Å². The Morgan fingerprint density at radius 3 is 1.77 bits per heavy atom. The maximum Gasteiger partial charge on any atom is 0.183 e. The lowest BCUT2D eigenvalue weighted by atomic mass is 10.0. The molecule has 2 nitrogen and oxygen atoms in total. The van der Waals surface area contributed by atoms with E-state index in [2.05, 4.69) is 187 Å². The van der Waals surface area contributed by atoms with E-state index in [1.807, 2.05) is 0 Å². The number of hydrogen-bond acceptors (Lipinski definition) is 1. The molecule has 3 heterocycles. The first kappa shape index (κ1) is 27.1. The van der Waals surface area contributed by atoms with E-state index in [0.29, 0.717) is 0 Å². The first-order valence-corrected chi connectivity index (χ1v) is 18.6. The number of hydrogen-bond donors (Lipinski definition) is 0. The molecule has 7 aromatic carbocycles. The fourth-order valence-electron chi connectivity index (χ4n) is 8.33. The zero-order chi connectivity index (χ0) is 31.7. The Morgan fingerprint density at radius 2 is 1.04 bits per heavy atom. The summed E-state index contributed by atoms with van der Waals surface area (Å²) in [7, 11) is -2.73. The van der Waals surface area contributed by atoms with Gasteiger partial charge >= 0.3 is 0 Å². The van der Waals surface area contributed by atoms with Crippen molar-refractivity contribution in [3.8, 4) is 27.9 Å². The van der Waals surface area contributed by atoms with E-state index in [9.17, 15) is 0 Å². The number of benzene rings is 7. The van der Waals surface area contributed by atoms with Gasteiger partial charge in [-0.2, -0.15) is 0 Å². The number of para-hydroxylation sites is 1. The second-order valence-electron chi connectivity index (χ2n) is 12.7. The van der Waals surface area contributed by atoms with Gasteiger partial charge in [-0.05, 0) is 61.2 Å². The zero-order valence-electron chi connectivity index (χ0n) is 26.2. The van der Waals surface area contributed by atoms with Gasteiger partial charge < -0.3 is 4.57 Å². The summed E-state index contributed by atoms with van der Waals surface area (Å²) >= 11 is 0. The third-order valence-corrected chi connectivity index (χ3v) is 15.2. The van der Waals surface area contributed by atoms with Crippen molar-refractivity contribution in [3.05, 3.63) is 182 Å². The fourth-order valence-corrected chi connectivity index (χ4v) is 13.7. The van der Waals surface area contributed by atoms with Gasteiger partial charge in [-0.25, -0.2) is 0 Å². The van der Waals surface area contributed by atoms with Crippen LogP contribution in [0, 0.1) is 0 Å². The Labute approximate surface area is 280 Å². The number of pyridine rings is 1. The summed E-state index contributed by atoms with van der Waals surface area (Å²) in [5.41, 5.74) is 9.70. The molecule has 0 amide bonds. The maximum atomic E-state index is 5.44. The molecule has 10 rings (SSSR count). The molecule has 0 bridgehead atoms. The normalized spacial score (nSPS) is 13.2. The van der Waals surface area contributed by atoms with Crippen LogP contribution in [-0.2, 0) is 0 Å². The van der Waals surface area contributed by atoms with Gasteiger partial charge in [0.25, 0.3) is 0 Å². The molecule has 224 valence electrons. The Balaban J connectivity index is 1.33. The van der Waals surface area contributed by atoms with Crippen LogP contribution < -0.4 is 20.7 Å². The van der Waals surface area contributed by atoms with Crippen molar-refractivity contribution >= 4 is 61.5 Å². The lowest BCUT2D eigenvalue weighted by Gasteiger charge is -2.31. The average Bonchev–Trinajstić information content (AvgIpc) is 3.67. The molecule has 9 aromatic rings. The average molecular weight is 627 g/mol. The Morgan fingerprint density at radius 1 is 0.438 bits per heavy atom. The molecule has 0 spiro atoms. The molecule has 0 unspecified atom stereocenters. The Bertz CT molecular complexity index is 2600. The molecule has 1 aliphatic heterocycles. The summed E-state index contributed by atoms with van der Waals surface area (Å²) in [4.78, 5) is 5.44. The molecular weight excluding hydrogens is 597 g/mol. The minimum Gasteiger partial charge on any atom is -0.309 e. The van der Waals surface area contributed by atoms with E-state index in [1.54, 1.807) is 0 Å². The second-order valence-corrected chi connectivity index (χ2v) is 16.4. The molecular formula is C45H30N2Si. The predicted octanol–water partition coefficient (Wildman–Crippen LogP) is 8.36. The van der Waals surface area contributed by atoms with E-state index < -0.39 is 8.07 Å². The second kappa shape index (κ2) is 10.5. The van der Waals surface area contributed by atoms with E-state index in [1.165, 1.54) is 70.2 Å². The first-order chi connectivity index (χ1) is 23.8. The molecule has 2 aromatic heterocycles. The summed E-state index contributed by atoms with van der Waals surface area (Å²) < 4.78 is 2.45. The summed E-state index contributed by atoms with van der Waals surface area (Å²) in [5, 5.41) is 9.16. The van der Waals surface area contributed by atoms with Gasteiger partial charge in [0.1, 0.15) is 0 Å². The molecule has 0 N–H and O–H groups in total. The van der Waals surface area contributed by atoms with Crippen LogP contribution in [0.15, 0.2) is 182 Å². The third-order valence-electron chi connectivity index (χ3n) is 10.3. The van der Waals surface area contributed by atoms with Crippen LogP contribution in [0.5, 0.6) is 0 Å². The van der Waals surface area contributed by atoms with Crippen molar-refractivity contribution in [3.63, 3.8) is 0 Å². The zero-order valence-corrected chi connectivity index (χ0v) is 27.2. The van der Waals surface area contributed by atoms with Gasteiger partial charge in [-0.15, -0.1) is 0 Å². The molecule has 0 radical (unpaired) electrons. The standard InChI is InChI=1S/C45H30N2Si/c1-4-14-31(15-5-1)32-24-26-33(27-25-32)47-41-22-12-10-20-36(41)40-30-46-43-39(44(40)47)29-28-38-37-21-11-13-23-42(37)48(45(38)43,34-16-6-2-7-17-34)35-18-8-3-9-19-35/h1-30H. The highest BCUT2D eigenvalue weighted by molar-refractivity contribution is 7.23. The Kier molecular flexibility index (Phi) is 5.93. The van der Waals surface area contributed by atoms with Crippen molar-refractivity contribution in [2.24, 2.45) is 0 Å². The molecule has 0 saturated heterocycles. The van der Waals surface area contributed by atoms with Gasteiger partial charge in [-0.3, -0.25) is 4.98 Å². The van der Waals surface area contributed by atoms with Gasteiger partial charge in [-0.1, -0.05) is 158 Å². The minimum atomic E-state index is -2.73. The number of rotatable bonds is 4. The third kappa shape index (κ3) is 3.71. The van der Waals surface area contributed by atoms with E-state index in [-0.39, 0.29) is 0 Å². The van der Waals surface area contributed by atoms with Gasteiger partial charge in [0.15, 0.2) is 8.07 Å². The van der Waals surface area contributed by atoms with Crippen LogP contribution in [0.4, 0.5) is 0 Å². The van der Waals surface area contributed by atoms with Crippen molar-refractivity contribution in [1.29, 1.82) is 0 Å². The molecule has 0 fully saturated rings. The number of fused-ring (bicyclic) bond motifs is 9. The van der Waals surface area contributed by atoms with Crippen LogP contribution in [0.3, 0.4) is 0 Å². The van der Waals surface area contributed by atoms with E-state index >= 15 is 0 Å². The smallest absolute Gasteiger partial charge is 0.183 e. The SMILES string of the molecule is c1ccc(-c2ccc(-n3c4ccccc4c4cnc5c6c(ccc5c43)-c3ccccc3[Si]6(c3ccccc3)c3ccccc3)cc2)cc1. The Hall–Kier alpha value is -6.03. The summed E-state index contributed by atoms with van der Waals surface area (Å²) in [6.07, 6.45) is 2.13. The fraction of sp³-hybridized carbons (Fsp3) is 0. The quantitative estimate of drug-likeness (QED) is 0.180. The number of nitrogens with zero attached hydrogens (tertiary/aromatic N) is 2. The van der Waals surface area contributed by atoms with Crippen molar-refractivity contribution in [1.82, 2.24) is 9.55 Å². The van der Waals surface area contributed by atoms with Gasteiger partial charge in [0.2, 0.25) is 0 Å². The summed E-state index contributed by atoms with van der Waals surface area (Å²) in [5.74, 6) is 0. The van der Waals surface area contributed by atoms with Crippen LogP contribution in [0.25, 0.3) is 60.6 Å². The van der Waals surface area contributed by atoms with Crippen LogP contribution >= 0.6 is 0 Å². The largest absolute Gasteiger partial charge is 0.309 e. The van der Waals surface area contributed by atoms with E-state index in [4.69, 9.17) is 4.98 Å². The van der Waals surface area contributed by atoms with Gasteiger partial charge in [0.05, 0.1) is 16.6 Å². The van der Waals surface area contributed by atoms with Crippen LogP contribution in [-0.4, -0.2) is 17.6 Å². The van der Waals surface area contributed by atoms with Crippen LogP contribution in [0.1, 0.15) is 0 Å². The maximum absolute atomic E-state index is 5.44. The first-order valence-electron chi connectivity index (χ1n) is 16.6. The monoisotopic (exact) mass is 626 g/mol. The summed E-state index contributed by atoms with van der Waals surface area (Å²) in [6, 6.07) is 64.5. The predicted molar refractivity (Wildman–Crippen MR) is 204 cm³/mol. The van der Waals surface area contributed by atoms with Crippen molar-refractivity contribution < 1.29 is 0 Å². The molecule has 0 aliphatic carbocycles. The number of aromatic nitrogens is 2. The minimum absolute atomic E-state index is 1.10. The van der Waals surface area contributed by atoms with E-state index in [0.717, 1.165) is 11.2 Å². The lowest BCUT2D eigenvalue weighted by molar-refractivity contribution is 1.18. The topological polar surface area (TPSA) is 17.8 Å². The summed E-state index contributed by atoms with van der Waals surface area (Å²) in [6.45, 7) is 0. The lowest BCUT2D eigenvalue weighted by Crippen LogP contribution is -2.73. The van der Waals surface area contributed by atoms with Crippen molar-refractivity contribution in [2.75, 3.05) is 0 Å². The highest BCUT2D eigenvalue weighted by atomic mass is 28.3. The van der Waals surface area contributed by atoms with Gasteiger partial charge in [0, 0.05) is 28.0 Å². The highest BCUT2D eigenvalue weighted by Crippen LogP contribution is 2.39. The molecule has 0 saturated carbocycles. The molecule has 1 aliphatic rings. The molecule has 3 heteroatoms. The molecule has 48 heavy (non-hydrogen) atoms. The highest BCUT2D eigenvalue weighted by Gasteiger charge is 2.50. The van der Waals surface area contributed by atoms with Crippen molar-refractivity contribution in [2.45, 2.75) is 0 Å².